The Labute approximate surface area is 178 Å². The Hall–Kier alpha value is -1.59. The van der Waals surface area contributed by atoms with Crippen LogP contribution in [0, 0.1) is 5.92 Å². The van der Waals surface area contributed by atoms with Gasteiger partial charge in [-0.05, 0) is 38.3 Å². The van der Waals surface area contributed by atoms with Gasteiger partial charge in [0.1, 0.15) is 0 Å². The Kier molecular flexibility index (Phi) is 8.37. The van der Waals surface area contributed by atoms with Crippen LogP contribution >= 0.6 is 0 Å². The minimum Gasteiger partial charge on any atom is -0.357 e. The summed E-state index contributed by atoms with van der Waals surface area (Å²) < 4.78 is 0. The number of hydrogen-bond donors (Lipinski definition) is 2. The van der Waals surface area contributed by atoms with Crippen LogP contribution in [0.5, 0.6) is 0 Å². The van der Waals surface area contributed by atoms with Crippen LogP contribution in [-0.2, 0) is 5.41 Å². The monoisotopic (exact) mass is 399 g/mol. The average Bonchev–Trinajstić information content (AvgIpc) is 3.23. The molecule has 5 nitrogen and oxygen atoms in total. The largest absolute Gasteiger partial charge is 0.357 e. The number of aliphatic imine (C=N–C) groups is 1. The summed E-state index contributed by atoms with van der Waals surface area (Å²) in [5, 5.41) is 7.07. The molecule has 1 saturated carbocycles. The van der Waals surface area contributed by atoms with E-state index in [0.29, 0.717) is 5.92 Å². The number of guanidine groups is 1. The molecule has 1 aromatic carbocycles. The summed E-state index contributed by atoms with van der Waals surface area (Å²) in [6, 6.07) is 11.0. The lowest BCUT2D eigenvalue weighted by Crippen LogP contribution is -2.47. The first-order valence-corrected chi connectivity index (χ1v) is 11.6. The molecule has 1 heterocycles. The number of likely N-dealkylation sites (N-methyl/N-ethyl adjacent to an activating group) is 1. The predicted molar refractivity (Wildman–Crippen MR) is 124 cm³/mol. The van der Waals surface area contributed by atoms with Crippen LogP contribution in [-0.4, -0.2) is 75.2 Å². The fourth-order valence-electron chi connectivity index (χ4n) is 4.76. The standard InChI is InChI=1S/C24H41N5/c1-4-25-23(26-18-21(2)19-29-16-14-28(3)15-17-29)27-20-24(12-8-9-13-24)22-10-6-5-7-11-22/h5-7,10-11,21H,4,8-9,12-20H2,1-3H3,(H2,25,26,27). The topological polar surface area (TPSA) is 42.9 Å². The van der Waals surface area contributed by atoms with Gasteiger partial charge in [-0.15, -0.1) is 0 Å². The third-order valence-corrected chi connectivity index (χ3v) is 6.61. The maximum Gasteiger partial charge on any atom is 0.191 e. The molecule has 1 aliphatic heterocycles. The van der Waals surface area contributed by atoms with Crippen LogP contribution in [0.3, 0.4) is 0 Å². The predicted octanol–water partition coefficient (Wildman–Crippen LogP) is 2.94. The molecule has 0 radical (unpaired) electrons. The van der Waals surface area contributed by atoms with Crippen LogP contribution in [0.2, 0.25) is 0 Å². The lowest BCUT2D eigenvalue weighted by Gasteiger charge is -2.34. The molecule has 2 aliphatic rings. The second-order valence-corrected chi connectivity index (χ2v) is 9.14. The Bertz CT molecular complexity index is 615. The smallest absolute Gasteiger partial charge is 0.191 e. The first kappa shape index (κ1) is 22.1. The van der Waals surface area contributed by atoms with E-state index in [2.05, 4.69) is 71.7 Å². The number of hydrogen-bond acceptors (Lipinski definition) is 3. The van der Waals surface area contributed by atoms with Crippen LogP contribution < -0.4 is 10.6 Å². The van der Waals surface area contributed by atoms with Crippen molar-refractivity contribution in [2.24, 2.45) is 10.9 Å². The molecule has 1 aromatic rings. The molecule has 29 heavy (non-hydrogen) atoms. The van der Waals surface area contributed by atoms with E-state index in [4.69, 9.17) is 4.99 Å². The number of nitrogens with one attached hydrogen (secondary N) is 2. The molecule has 3 rings (SSSR count). The molecule has 1 unspecified atom stereocenters. The molecule has 0 bridgehead atoms. The number of piperazine rings is 1. The molecule has 5 heteroatoms. The summed E-state index contributed by atoms with van der Waals surface area (Å²) in [5.41, 5.74) is 1.68. The van der Waals surface area contributed by atoms with Gasteiger partial charge in [-0.25, -0.2) is 0 Å². The van der Waals surface area contributed by atoms with Crippen molar-refractivity contribution in [1.82, 2.24) is 20.4 Å². The minimum atomic E-state index is 0.217. The molecule has 0 spiro atoms. The summed E-state index contributed by atoms with van der Waals surface area (Å²) >= 11 is 0. The number of rotatable bonds is 8. The fraction of sp³-hybridized carbons (Fsp3) is 0.708. The van der Waals surface area contributed by atoms with Crippen LogP contribution in [0.1, 0.15) is 45.1 Å². The second kappa shape index (κ2) is 11.0. The Balaban J connectivity index is 1.55. The maximum atomic E-state index is 5.05. The lowest BCUT2D eigenvalue weighted by atomic mass is 9.79. The Morgan fingerprint density at radius 3 is 2.41 bits per heavy atom. The summed E-state index contributed by atoms with van der Waals surface area (Å²) in [6.45, 7) is 13.1. The van der Waals surface area contributed by atoms with Gasteiger partial charge in [0.25, 0.3) is 0 Å². The van der Waals surface area contributed by atoms with Gasteiger partial charge in [-0.2, -0.15) is 0 Å². The lowest BCUT2D eigenvalue weighted by molar-refractivity contribution is 0.139. The molecule has 2 fully saturated rings. The molecule has 162 valence electrons. The van der Waals surface area contributed by atoms with Gasteiger partial charge in [0, 0.05) is 51.2 Å². The van der Waals surface area contributed by atoms with Gasteiger partial charge >= 0.3 is 0 Å². The van der Waals surface area contributed by atoms with Gasteiger partial charge in [0.2, 0.25) is 0 Å². The van der Waals surface area contributed by atoms with Crippen LogP contribution in [0.25, 0.3) is 0 Å². The third-order valence-electron chi connectivity index (χ3n) is 6.61. The highest BCUT2D eigenvalue weighted by atomic mass is 15.2. The normalized spacial score (nSPS) is 21.8. The first-order chi connectivity index (χ1) is 14.1. The van der Waals surface area contributed by atoms with Crippen molar-refractivity contribution >= 4 is 5.96 Å². The van der Waals surface area contributed by atoms with Crippen LogP contribution in [0.15, 0.2) is 35.3 Å². The highest BCUT2D eigenvalue weighted by Gasteiger charge is 2.35. The van der Waals surface area contributed by atoms with E-state index < -0.39 is 0 Å². The second-order valence-electron chi connectivity index (χ2n) is 9.14. The van der Waals surface area contributed by atoms with Crippen molar-refractivity contribution in [3.63, 3.8) is 0 Å². The van der Waals surface area contributed by atoms with Crippen molar-refractivity contribution in [2.45, 2.75) is 44.9 Å². The van der Waals surface area contributed by atoms with Crippen molar-refractivity contribution in [3.8, 4) is 0 Å². The van der Waals surface area contributed by atoms with Crippen molar-refractivity contribution in [2.75, 3.05) is 59.4 Å². The van der Waals surface area contributed by atoms with Crippen molar-refractivity contribution in [3.05, 3.63) is 35.9 Å². The first-order valence-electron chi connectivity index (χ1n) is 11.6. The SMILES string of the molecule is CCNC(=NCC1(c2ccccc2)CCCC1)NCC(C)CN1CCN(C)CC1. The maximum absolute atomic E-state index is 5.05. The summed E-state index contributed by atoms with van der Waals surface area (Å²) in [7, 11) is 2.22. The van der Waals surface area contributed by atoms with Gasteiger partial charge in [-0.1, -0.05) is 50.1 Å². The molecule has 1 atom stereocenters. The van der Waals surface area contributed by atoms with E-state index in [1.807, 2.05) is 0 Å². The van der Waals surface area contributed by atoms with Gasteiger partial charge in [0.15, 0.2) is 5.96 Å². The summed E-state index contributed by atoms with van der Waals surface area (Å²) in [4.78, 5) is 10.1. The van der Waals surface area contributed by atoms with E-state index in [-0.39, 0.29) is 5.41 Å². The molecular weight excluding hydrogens is 358 g/mol. The molecule has 1 saturated heterocycles. The summed E-state index contributed by atoms with van der Waals surface area (Å²) in [5.74, 6) is 1.58. The van der Waals surface area contributed by atoms with E-state index in [1.54, 1.807) is 0 Å². The Morgan fingerprint density at radius 2 is 1.76 bits per heavy atom. The summed E-state index contributed by atoms with van der Waals surface area (Å²) in [6.07, 6.45) is 5.13. The molecule has 0 amide bonds. The van der Waals surface area contributed by atoms with Gasteiger partial charge in [0.05, 0.1) is 6.54 Å². The van der Waals surface area contributed by atoms with Gasteiger partial charge < -0.3 is 20.4 Å². The number of nitrogens with zero attached hydrogens (tertiary/aromatic N) is 3. The zero-order valence-corrected chi connectivity index (χ0v) is 18.8. The number of benzene rings is 1. The van der Waals surface area contributed by atoms with E-state index >= 15 is 0 Å². The molecule has 0 aromatic heterocycles. The highest BCUT2D eigenvalue weighted by molar-refractivity contribution is 5.79. The zero-order chi connectivity index (χ0) is 20.5. The quantitative estimate of drug-likeness (QED) is 0.521. The molecular formula is C24H41N5. The molecule has 2 N–H and O–H groups in total. The van der Waals surface area contributed by atoms with E-state index in [1.165, 1.54) is 57.4 Å². The van der Waals surface area contributed by atoms with E-state index in [0.717, 1.165) is 32.1 Å². The molecule has 1 aliphatic carbocycles. The van der Waals surface area contributed by atoms with Crippen molar-refractivity contribution in [1.29, 1.82) is 0 Å². The highest BCUT2D eigenvalue weighted by Crippen LogP contribution is 2.41. The van der Waals surface area contributed by atoms with Crippen LogP contribution in [0.4, 0.5) is 0 Å². The third kappa shape index (κ3) is 6.45. The Morgan fingerprint density at radius 1 is 1.07 bits per heavy atom. The zero-order valence-electron chi connectivity index (χ0n) is 18.8. The van der Waals surface area contributed by atoms with Crippen molar-refractivity contribution < 1.29 is 0 Å². The fourth-order valence-corrected chi connectivity index (χ4v) is 4.76. The van der Waals surface area contributed by atoms with E-state index in [9.17, 15) is 0 Å². The minimum absolute atomic E-state index is 0.217. The van der Waals surface area contributed by atoms with Gasteiger partial charge in [-0.3, -0.25) is 4.99 Å². The average molecular weight is 400 g/mol.